The number of rotatable bonds is 4. The first-order valence-electron chi connectivity index (χ1n) is 6.90. The predicted octanol–water partition coefficient (Wildman–Crippen LogP) is 2.30. The van der Waals surface area contributed by atoms with Gasteiger partial charge in [0.15, 0.2) is 5.82 Å². The molecule has 0 radical (unpaired) electrons. The standard InChI is InChI=1S/C15H18N2O3/c1-19-13-8-3-2-5-10(13)9-14-16-15(20-17-14)11-6-4-7-12(11)18/h2-3,5,8,11-12,18H,4,6-7,9H2,1H3. The Labute approximate surface area is 117 Å². The van der Waals surface area contributed by atoms with Gasteiger partial charge >= 0.3 is 0 Å². The summed E-state index contributed by atoms with van der Waals surface area (Å²) in [6, 6.07) is 7.79. The Morgan fingerprint density at radius 2 is 2.20 bits per heavy atom. The molecule has 5 nitrogen and oxygen atoms in total. The lowest BCUT2D eigenvalue weighted by molar-refractivity contribution is 0.148. The molecule has 1 aliphatic rings. The van der Waals surface area contributed by atoms with Gasteiger partial charge in [-0.15, -0.1) is 0 Å². The second-order valence-corrected chi connectivity index (χ2v) is 5.14. The van der Waals surface area contributed by atoms with Crippen LogP contribution in [0.15, 0.2) is 28.8 Å². The van der Waals surface area contributed by atoms with E-state index in [0.717, 1.165) is 30.6 Å². The molecule has 0 bridgehead atoms. The van der Waals surface area contributed by atoms with Crippen molar-refractivity contribution in [2.24, 2.45) is 0 Å². The second-order valence-electron chi connectivity index (χ2n) is 5.14. The highest BCUT2D eigenvalue weighted by Crippen LogP contribution is 2.33. The zero-order valence-corrected chi connectivity index (χ0v) is 11.5. The van der Waals surface area contributed by atoms with Gasteiger partial charge in [0.1, 0.15) is 5.75 Å². The largest absolute Gasteiger partial charge is 0.496 e. The topological polar surface area (TPSA) is 68.4 Å². The van der Waals surface area contributed by atoms with Crippen molar-refractivity contribution < 1.29 is 14.4 Å². The number of para-hydroxylation sites is 1. The summed E-state index contributed by atoms with van der Waals surface area (Å²) in [4.78, 5) is 4.42. The zero-order valence-electron chi connectivity index (χ0n) is 11.5. The van der Waals surface area contributed by atoms with Crippen LogP contribution in [0, 0.1) is 0 Å². The van der Waals surface area contributed by atoms with Gasteiger partial charge < -0.3 is 14.4 Å². The van der Waals surface area contributed by atoms with Crippen LogP contribution < -0.4 is 4.74 Å². The maximum absolute atomic E-state index is 9.88. The minimum absolute atomic E-state index is 0.00563. The van der Waals surface area contributed by atoms with Crippen LogP contribution in [0.5, 0.6) is 5.75 Å². The van der Waals surface area contributed by atoms with Gasteiger partial charge in [-0.05, 0) is 25.3 Å². The van der Waals surface area contributed by atoms with E-state index in [2.05, 4.69) is 10.1 Å². The van der Waals surface area contributed by atoms with Gasteiger partial charge in [-0.3, -0.25) is 0 Å². The summed E-state index contributed by atoms with van der Waals surface area (Å²) in [6.45, 7) is 0. The van der Waals surface area contributed by atoms with Gasteiger partial charge in [-0.25, -0.2) is 0 Å². The van der Waals surface area contributed by atoms with E-state index < -0.39 is 0 Å². The van der Waals surface area contributed by atoms with Crippen LogP contribution >= 0.6 is 0 Å². The Kier molecular flexibility index (Phi) is 3.69. The highest BCUT2D eigenvalue weighted by Gasteiger charge is 2.31. The third kappa shape index (κ3) is 2.54. The molecule has 0 spiro atoms. The van der Waals surface area contributed by atoms with Crippen molar-refractivity contribution in [2.75, 3.05) is 7.11 Å². The molecule has 3 rings (SSSR count). The summed E-state index contributed by atoms with van der Waals surface area (Å²) in [7, 11) is 1.65. The van der Waals surface area contributed by atoms with Gasteiger partial charge in [-0.1, -0.05) is 23.4 Å². The lowest BCUT2D eigenvalue weighted by atomic mass is 10.1. The fourth-order valence-electron chi connectivity index (χ4n) is 2.74. The normalized spacial score (nSPS) is 22.1. The molecule has 1 saturated carbocycles. The molecule has 0 saturated heterocycles. The molecule has 1 N–H and O–H groups in total. The second kappa shape index (κ2) is 5.63. The Balaban J connectivity index is 1.77. The average Bonchev–Trinajstić information content (AvgIpc) is 3.08. The molecule has 1 aliphatic carbocycles. The fraction of sp³-hybridized carbons (Fsp3) is 0.467. The first kappa shape index (κ1) is 13.1. The number of hydrogen-bond acceptors (Lipinski definition) is 5. The Morgan fingerprint density at radius 1 is 1.35 bits per heavy atom. The van der Waals surface area contributed by atoms with E-state index in [1.165, 1.54) is 0 Å². The van der Waals surface area contributed by atoms with Crippen LogP contribution in [0.3, 0.4) is 0 Å². The summed E-state index contributed by atoms with van der Waals surface area (Å²) < 4.78 is 10.6. The van der Waals surface area contributed by atoms with Crippen LogP contribution in [0.25, 0.3) is 0 Å². The zero-order chi connectivity index (χ0) is 13.9. The van der Waals surface area contributed by atoms with Crippen molar-refractivity contribution in [1.82, 2.24) is 10.1 Å². The van der Waals surface area contributed by atoms with Crippen molar-refractivity contribution >= 4 is 0 Å². The lowest BCUT2D eigenvalue weighted by Gasteiger charge is -2.08. The van der Waals surface area contributed by atoms with Gasteiger partial charge in [0, 0.05) is 12.0 Å². The number of benzene rings is 1. The molecule has 5 heteroatoms. The van der Waals surface area contributed by atoms with Crippen molar-refractivity contribution in [1.29, 1.82) is 0 Å². The molecule has 1 fully saturated rings. The minimum atomic E-state index is -0.352. The summed E-state index contributed by atoms with van der Waals surface area (Å²) >= 11 is 0. The van der Waals surface area contributed by atoms with Crippen LogP contribution in [0.2, 0.25) is 0 Å². The Hall–Kier alpha value is -1.88. The number of nitrogens with zero attached hydrogens (tertiary/aromatic N) is 2. The van der Waals surface area contributed by atoms with Gasteiger partial charge in [-0.2, -0.15) is 4.98 Å². The highest BCUT2D eigenvalue weighted by atomic mass is 16.5. The van der Waals surface area contributed by atoms with Crippen molar-refractivity contribution in [3.8, 4) is 5.75 Å². The highest BCUT2D eigenvalue weighted by molar-refractivity contribution is 5.35. The van der Waals surface area contributed by atoms with E-state index in [4.69, 9.17) is 9.26 Å². The van der Waals surface area contributed by atoms with Crippen LogP contribution in [-0.2, 0) is 6.42 Å². The number of aliphatic hydroxyl groups excluding tert-OH is 1. The molecular weight excluding hydrogens is 256 g/mol. The Bertz CT molecular complexity index is 582. The molecule has 20 heavy (non-hydrogen) atoms. The van der Waals surface area contributed by atoms with Crippen molar-refractivity contribution in [2.45, 2.75) is 37.7 Å². The third-order valence-corrected chi connectivity index (χ3v) is 3.82. The fourth-order valence-corrected chi connectivity index (χ4v) is 2.74. The van der Waals surface area contributed by atoms with Gasteiger partial charge in [0.25, 0.3) is 0 Å². The molecule has 2 atom stereocenters. The first-order chi connectivity index (χ1) is 9.78. The molecule has 0 aliphatic heterocycles. The molecule has 2 unspecified atom stereocenters. The van der Waals surface area contributed by atoms with Crippen LogP contribution in [-0.4, -0.2) is 28.5 Å². The predicted molar refractivity (Wildman–Crippen MR) is 72.7 cm³/mol. The maximum Gasteiger partial charge on any atom is 0.232 e. The number of methoxy groups -OCH3 is 1. The number of aromatic nitrogens is 2. The molecule has 1 aromatic heterocycles. The molecule has 1 heterocycles. The molecular formula is C15H18N2O3. The number of hydrogen-bond donors (Lipinski definition) is 1. The third-order valence-electron chi connectivity index (χ3n) is 3.82. The van der Waals surface area contributed by atoms with E-state index in [1.54, 1.807) is 7.11 Å². The monoisotopic (exact) mass is 274 g/mol. The summed E-state index contributed by atoms with van der Waals surface area (Å²) in [5.74, 6) is 2.00. The number of aliphatic hydroxyl groups is 1. The van der Waals surface area contributed by atoms with E-state index in [9.17, 15) is 5.11 Å². The van der Waals surface area contributed by atoms with E-state index in [1.807, 2.05) is 24.3 Å². The Morgan fingerprint density at radius 3 is 2.95 bits per heavy atom. The van der Waals surface area contributed by atoms with Crippen molar-refractivity contribution in [3.05, 3.63) is 41.5 Å². The quantitative estimate of drug-likeness (QED) is 0.926. The number of ether oxygens (including phenoxy) is 1. The molecule has 106 valence electrons. The maximum atomic E-state index is 9.88. The van der Waals surface area contributed by atoms with Crippen LogP contribution in [0.4, 0.5) is 0 Å². The molecule has 1 aromatic carbocycles. The minimum Gasteiger partial charge on any atom is -0.496 e. The molecule has 0 amide bonds. The van der Waals surface area contributed by atoms with E-state index in [-0.39, 0.29) is 12.0 Å². The SMILES string of the molecule is COc1ccccc1Cc1noc(C2CCCC2O)n1. The first-order valence-corrected chi connectivity index (χ1v) is 6.90. The van der Waals surface area contributed by atoms with E-state index in [0.29, 0.717) is 18.1 Å². The van der Waals surface area contributed by atoms with Crippen molar-refractivity contribution in [3.63, 3.8) is 0 Å². The average molecular weight is 274 g/mol. The summed E-state index contributed by atoms with van der Waals surface area (Å²) in [5.41, 5.74) is 1.02. The summed E-state index contributed by atoms with van der Waals surface area (Å²) in [5, 5.41) is 13.9. The smallest absolute Gasteiger partial charge is 0.232 e. The van der Waals surface area contributed by atoms with E-state index >= 15 is 0 Å². The van der Waals surface area contributed by atoms with Gasteiger partial charge in [0.05, 0.1) is 19.1 Å². The molecule has 2 aromatic rings. The summed E-state index contributed by atoms with van der Waals surface area (Å²) in [6.07, 6.45) is 2.95. The lowest BCUT2D eigenvalue weighted by Crippen LogP contribution is -2.11. The van der Waals surface area contributed by atoms with Crippen LogP contribution in [0.1, 0.15) is 42.5 Å². The van der Waals surface area contributed by atoms with Gasteiger partial charge in [0.2, 0.25) is 5.89 Å².